The fourth-order valence-electron chi connectivity index (χ4n) is 5.86. The van der Waals surface area contributed by atoms with E-state index in [1.54, 1.807) is 6.20 Å². The Kier molecular flexibility index (Phi) is 5.77. The molecule has 184 valence electrons. The minimum atomic E-state index is 0.0622. The number of carbonyl (C=O) groups is 1. The van der Waals surface area contributed by atoms with Crippen molar-refractivity contribution in [3.05, 3.63) is 36.3 Å². The van der Waals surface area contributed by atoms with Gasteiger partial charge < -0.3 is 24.8 Å². The van der Waals surface area contributed by atoms with Crippen LogP contribution in [-0.4, -0.2) is 92.8 Å². The molecule has 2 aliphatic heterocycles. The number of rotatable bonds is 6. The van der Waals surface area contributed by atoms with E-state index in [-0.39, 0.29) is 24.6 Å². The lowest BCUT2D eigenvalue weighted by molar-refractivity contribution is 0.0632. The summed E-state index contributed by atoms with van der Waals surface area (Å²) in [6.07, 6.45) is 7.73. The standard InChI is InChI=1S/C25H32N8O2/c1-30-19-4-2-5-20(19)33-21(24(30)35)14-17-15-27-25(29-23(17)33)28-22-7-6-18(16-26-22)32-11-9-31(10-12-32)8-3-13-34/h6-7,14-16,19-20,34H,2-5,8-13H2,1H3,(H,26,27,28,29). The quantitative estimate of drug-likeness (QED) is 0.559. The zero-order chi connectivity index (χ0) is 23.9. The molecule has 10 heteroatoms. The van der Waals surface area contributed by atoms with Gasteiger partial charge in [-0.1, -0.05) is 0 Å². The first kappa shape index (κ1) is 22.2. The van der Waals surface area contributed by atoms with Gasteiger partial charge >= 0.3 is 0 Å². The van der Waals surface area contributed by atoms with Crippen molar-refractivity contribution in [3.8, 4) is 0 Å². The molecule has 2 unspecified atom stereocenters. The molecule has 5 heterocycles. The van der Waals surface area contributed by atoms with Crippen LogP contribution in [0, 0.1) is 0 Å². The second-order valence-corrected chi connectivity index (χ2v) is 9.79. The minimum absolute atomic E-state index is 0.0622. The number of carbonyl (C=O) groups excluding carboxylic acids is 1. The van der Waals surface area contributed by atoms with Gasteiger partial charge in [-0.3, -0.25) is 9.69 Å². The molecule has 0 aromatic carbocycles. The Morgan fingerprint density at radius 2 is 1.91 bits per heavy atom. The molecule has 0 radical (unpaired) electrons. The van der Waals surface area contributed by atoms with Gasteiger partial charge in [0.25, 0.3) is 5.91 Å². The summed E-state index contributed by atoms with van der Waals surface area (Å²) in [5, 5.41) is 13.2. The minimum Gasteiger partial charge on any atom is -0.396 e. The summed E-state index contributed by atoms with van der Waals surface area (Å²) >= 11 is 0. The molecule has 0 bridgehead atoms. The lowest BCUT2D eigenvalue weighted by atomic mass is 10.1. The average molecular weight is 477 g/mol. The number of fused-ring (bicyclic) bond motifs is 5. The van der Waals surface area contributed by atoms with Gasteiger partial charge in [-0.2, -0.15) is 4.98 Å². The summed E-state index contributed by atoms with van der Waals surface area (Å²) in [6, 6.07) is 6.47. The molecule has 3 aromatic heterocycles. The van der Waals surface area contributed by atoms with Gasteiger partial charge in [0, 0.05) is 58.0 Å². The van der Waals surface area contributed by atoms with Gasteiger partial charge in [0.1, 0.15) is 17.2 Å². The lowest BCUT2D eigenvalue weighted by Gasteiger charge is -2.36. The van der Waals surface area contributed by atoms with E-state index in [9.17, 15) is 4.79 Å². The topological polar surface area (TPSA) is 103 Å². The van der Waals surface area contributed by atoms with Crippen molar-refractivity contribution in [2.45, 2.75) is 37.8 Å². The Balaban J connectivity index is 1.18. The maximum atomic E-state index is 12.9. The molecule has 0 spiro atoms. The number of amides is 1. The molecule has 10 nitrogen and oxygen atoms in total. The van der Waals surface area contributed by atoms with E-state index in [2.05, 4.69) is 35.7 Å². The van der Waals surface area contributed by atoms with Crippen molar-refractivity contribution in [1.29, 1.82) is 0 Å². The lowest BCUT2D eigenvalue weighted by Crippen LogP contribution is -2.46. The molecule has 1 amide bonds. The van der Waals surface area contributed by atoms with Gasteiger partial charge in [0.2, 0.25) is 5.95 Å². The summed E-state index contributed by atoms with van der Waals surface area (Å²) in [4.78, 5) is 33.5. The summed E-state index contributed by atoms with van der Waals surface area (Å²) in [6.45, 7) is 5.10. The van der Waals surface area contributed by atoms with Gasteiger partial charge in [-0.25, -0.2) is 9.97 Å². The van der Waals surface area contributed by atoms with E-state index in [0.29, 0.717) is 17.5 Å². The monoisotopic (exact) mass is 476 g/mol. The number of piperazine rings is 1. The SMILES string of the molecule is CN1C(=O)c2cc3cnc(Nc4ccc(N5CCN(CCCO)CC5)cn4)nc3n2C2CCCC21. The molecule has 35 heavy (non-hydrogen) atoms. The molecule has 3 aliphatic rings. The summed E-state index contributed by atoms with van der Waals surface area (Å²) in [7, 11) is 1.91. The summed E-state index contributed by atoms with van der Waals surface area (Å²) in [5.74, 6) is 1.24. The molecule has 3 aromatic rings. The first-order valence-corrected chi connectivity index (χ1v) is 12.6. The Morgan fingerprint density at radius 1 is 1.09 bits per heavy atom. The number of likely N-dealkylation sites (N-methyl/N-ethyl adjacent to an activating group) is 1. The predicted octanol–water partition coefficient (Wildman–Crippen LogP) is 2.25. The highest BCUT2D eigenvalue weighted by atomic mass is 16.3. The fraction of sp³-hybridized carbons (Fsp3) is 0.520. The smallest absolute Gasteiger partial charge is 0.270 e. The third-order valence-electron chi connectivity index (χ3n) is 7.75. The van der Waals surface area contributed by atoms with Crippen LogP contribution in [0.1, 0.15) is 42.2 Å². The van der Waals surface area contributed by atoms with E-state index in [1.807, 2.05) is 30.3 Å². The van der Waals surface area contributed by atoms with E-state index in [4.69, 9.17) is 10.1 Å². The first-order valence-electron chi connectivity index (χ1n) is 12.6. The number of aliphatic hydroxyl groups excluding tert-OH is 1. The predicted molar refractivity (Wildman–Crippen MR) is 134 cm³/mol. The first-order chi connectivity index (χ1) is 17.1. The van der Waals surface area contributed by atoms with Gasteiger partial charge in [-0.15, -0.1) is 0 Å². The van der Waals surface area contributed by atoms with Crippen LogP contribution in [0.3, 0.4) is 0 Å². The Morgan fingerprint density at radius 3 is 2.69 bits per heavy atom. The van der Waals surface area contributed by atoms with Crippen LogP contribution in [0.15, 0.2) is 30.6 Å². The van der Waals surface area contributed by atoms with E-state index in [0.717, 1.165) is 75.1 Å². The van der Waals surface area contributed by atoms with Gasteiger partial charge in [-0.05, 0) is 43.9 Å². The third kappa shape index (κ3) is 4.00. The number of nitrogens with zero attached hydrogens (tertiary/aromatic N) is 7. The summed E-state index contributed by atoms with van der Waals surface area (Å²) < 4.78 is 2.14. The van der Waals surface area contributed by atoms with Crippen molar-refractivity contribution in [2.75, 3.05) is 56.6 Å². The van der Waals surface area contributed by atoms with Gasteiger partial charge in [0.15, 0.2) is 0 Å². The van der Waals surface area contributed by atoms with Crippen molar-refractivity contribution in [1.82, 2.24) is 29.3 Å². The van der Waals surface area contributed by atoms with E-state index in [1.165, 1.54) is 0 Å². The molecule has 2 atom stereocenters. The number of aliphatic hydroxyl groups is 1. The zero-order valence-electron chi connectivity index (χ0n) is 20.1. The maximum absolute atomic E-state index is 12.9. The highest BCUT2D eigenvalue weighted by Gasteiger charge is 2.41. The van der Waals surface area contributed by atoms with Crippen LogP contribution in [0.5, 0.6) is 0 Å². The molecular formula is C25H32N8O2. The Hall–Kier alpha value is -3.24. The molecule has 1 saturated carbocycles. The van der Waals surface area contributed by atoms with E-state index >= 15 is 0 Å². The van der Waals surface area contributed by atoms with E-state index < -0.39 is 0 Å². The molecule has 2 fully saturated rings. The number of aromatic nitrogens is 4. The Labute approximate surface area is 204 Å². The molecule has 1 aliphatic carbocycles. The highest BCUT2D eigenvalue weighted by molar-refractivity contribution is 5.99. The fourth-order valence-corrected chi connectivity index (χ4v) is 5.86. The van der Waals surface area contributed by atoms with Crippen molar-refractivity contribution >= 4 is 34.4 Å². The largest absolute Gasteiger partial charge is 0.396 e. The Bertz CT molecular complexity index is 1220. The van der Waals surface area contributed by atoms with Crippen molar-refractivity contribution in [2.24, 2.45) is 0 Å². The van der Waals surface area contributed by atoms with Crippen LogP contribution < -0.4 is 10.2 Å². The average Bonchev–Trinajstić information content (AvgIpc) is 3.52. The molecule has 6 rings (SSSR count). The number of hydrogen-bond donors (Lipinski definition) is 2. The van der Waals surface area contributed by atoms with Crippen LogP contribution in [0.25, 0.3) is 11.0 Å². The normalized spacial score (nSPS) is 22.5. The third-order valence-corrected chi connectivity index (χ3v) is 7.75. The number of anilines is 3. The second-order valence-electron chi connectivity index (χ2n) is 9.79. The molecule has 1 saturated heterocycles. The molecular weight excluding hydrogens is 444 g/mol. The number of pyridine rings is 1. The maximum Gasteiger partial charge on any atom is 0.270 e. The number of hydrogen-bond acceptors (Lipinski definition) is 8. The van der Waals surface area contributed by atoms with Gasteiger partial charge in [0.05, 0.1) is 24.0 Å². The second kappa shape index (κ2) is 9.09. The van der Waals surface area contributed by atoms with Crippen molar-refractivity contribution in [3.63, 3.8) is 0 Å². The van der Waals surface area contributed by atoms with Crippen LogP contribution in [-0.2, 0) is 0 Å². The van der Waals surface area contributed by atoms with Crippen LogP contribution >= 0.6 is 0 Å². The van der Waals surface area contributed by atoms with Crippen LogP contribution in [0.4, 0.5) is 17.5 Å². The molecule has 2 N–H and O–H groups in total. The number of nitrogens with one attached hydrogen (secondary N) is 1. The highest BCUT2D eigenvalue weighted by Crippen LogP contribution is 2.41. The van der Waals surface area contributed by atoms with Crippen LogP contribution in [0.2, 0.25) is 0 Å². The zero-order valence-corrected chi connectivity index (χ0v) is 20.1. The summed E-state index contributed by atoms with van der Waals surface area (Å²) in [5.41, 5.74) is 2.62. The van der Waals surface area contributed by atoms with Crippen molar-refractivity contribution < 1.29 is 9.90 Å².